The van der Waals surface area contributed by atoms with E-state index >= 15 is 4.39 Å². The zero-order valence-electron chi connectivity index (χ0n) is 25.6. The lowest BCUT2D eigenvalue weighted by Gasteiger charge is -2.31. The second kappa shape index (κ2) is 14.5. The first-order valence-electron chi connectivity index (χ1n) is 15.9. The molecule has 3 heterocycles. The van der Waals surface area contributed by atoms with Crippen LogP contribution in [0.1, 0.15) is 68.9 Å². The van der Waals surface area contributed by atoms with E-state index in [1.807, 2.05) is 49.1 Å². The minimum atomic E-state index is -0.946. The van der Waals surface area contributed by atoms with Crippen LogP contribution in [-0.4, -0.2) is 72.0 Å². The molecule has 10 heteroatoms. The number of hydrogen-bond acceptors (Lipinski definition) is 6. The maximum atomic E-state index is 15.2. The van der Waals surface area contributed by atoms with Crippen molar-refractivity contribution in [1.29, 1.82) is 0 Å². The van der Waals surface area contributed by atoms with Gasteiger partial charge < -0.3 is 9.64 Å². The number of rotatable bonds is 8. The summed E-state index contributed by atoms with van der Waals surface area (Å²) < 4.78 is 20.8. The molecule has 238 valence electrons. The van der Waals surface area contributed by atoms with Crippen LogP contribution in [-0.2, 0) is 14.3 Å². The number of hydrogen-bond donors (Lipinski definition) is 0. The van der Waals surface area contributed by atoms with E-state index in [9.17, 15) is 19.7 Å². The molecule has 0 saturated carbocycles. The lowest BCUT2D eigenvalue weighted by Crippen LogP contribution is -2.41. The maximum absolute atomic E-state index is 15.2. The van der Waals surface area contributed by atoms with Crippen LogP contribution in [0.5, 0.6) is 0 Å². The van der Waals surface area contributed by atoms with Crippen LogP contribution < -0.4 is 0 Å². The predicted molar refractivity (Wildman–Crippen MR) is 166 cm³/mol. The topological polar surface area (TPSA) is 93.0 Å². The van der Waals surface area contributed by atoms with E-state index in [-0.39, 0.29) is 41.3 Å². The van der Waals surface area contributed by atoms with Gasteiger partial charge in [0.05, 0.1) is 5.92 Å². The Kier molecular flexibility index (Phi) is 10.7. The molecule has 3 saturated heterocycles. The molecule has 44 heavy (non-hydrogen) atoms. The standard InChI is InChI=1S/C34H43ClFN3O5/c1-22(24-7-4-3-5-8-24)32(34(41)39(42)43)23(2)25-9-6-15-37(16-12-25)33(40)30-21-38(27-13-17-44-18-14-27)20-29(30)28-11-10-26(35)19-31(28)36/h3-5,7-8,10-11,19,22-23,25,27,29-30,32H,6,9,12-18,20-21H2,1-2H3/t22-,23?,25?,29-,30+,32+/m0/s1. The molecule has 8 nitrogen and oxygen atoms in total. The molecule has 0 bridgehead atoms. The second-order valence-corrected chi connectivity index (χ2v) is 13.3. The Labute approximate surface area is 264 Å². The van der Waals surface area contributed by atoms with Crippen molar-refractivity contribution in [1.82, 2.24) is 9.80 Å². The molecule has 2 amide bonds. The molecule has 0 aromatic heterocycles. The fraction of sp³-hybridized carbons (Fsp3) is 0.588. The van der Waals surface area contributed by atoms with Crippen LogP contribution >= 0.6 is 11.6 Å². The van der Waals surface area contributed by atoms with E-state index in [4.69, 9.17) is 16.3 Å². The Morgan fingerprint density at radius 3 is 2.43 bits per heavy atom. The Bertz CT molecular complexity index is 1320. The van der Waals surface area contributed by atoms with Gasteiger partial charge in [0.2, 0.25) is 5.91 Å². The second-order valence-electron chi connectivity index (χ2n) is 12.9. The van der Waals surface area contributed by atoms with Crippen molar-refractivity contribution < 1.29 is 23.6 Å². The third-order valence-corrected chi connectivity index (χ3v) is 10.7. The van der Waals surface area contributed by atoms with Gasteiger partial charge in [0, 0.05) is 56.4 Å². The molecule has 2 aromatic rings. The Morgan fingerprint density at radius 1 is 1.02 bits per heavy atom. The maximum Gasteiger partial charge on any atom is 0.448 e. The summed E-state index contributed by atoms with van der Waals surface area (Å²) in [6.45, 7) is 7.49. The van der Waals surface area contributed by atoms with E-state index in [1.54, 1.807) is 12.1 Å². The van der Waals surface area contributed by atoms with Crippen molar-refractivity contribution in [3.05, 3.63) is 80.6 Å². The van der Waals surface area contributed by atoms with Crippen LogP contribution in [0, 0.1) is 39.6 Å². The van der Waals surface area contributed by atoms with Gasteiger partial charge in [-0.05, 0) is 73.1 Å². The highest BCUT2D eigenvalue weighted by Gasteiger charge is 2.45. The van der Waals surface area contributed by atoms with E-state index in [0.717, 1.165) is 31.2 Å². The Hall–Kier alpha value is -2.88. The lowest BCUT2D eigenvalue weighted by molar-refractivity contribution is -0.408. The summed E-state index contributed by atoms with van der Waals surface area (Å²) in [6.07, 6.45) is 3.97. The van der Waals surface area contributed by atoms with Crippen molar-refractivity contribution in [2.45, 2.75) is 63.8 Å². The number of benzene rings is 2. The minimum Gasteiger partial charge on any atom is -0.381 e. The van der Waals surface area contributed by atoms with Gasteiger partial charge in [-0.2, -0.15) is 0 Å². The molecule has 0 N–H and O–H groups in total. The first-order valence-corrected chi connectivity index (χ1v) is 16.3. The van der Waals surface area contributed by atoms with Gasteiger partial charge in [-0.1, -0.05) is 61.8 Å². The van der Waals surface area contributed by atoms with Gasteiger partial charge in [-0.3, -0.25) is 19.8 Å². The first-order chi connectivity index (χ1) is 21.2. The fourth-order valence-corrected chi connectivity index (χ4v) is 8.08. The van der Waals surface area contributed by atoms with E-state index in [2.05, 4.69) is 4.90 Å². The molecule has 3 aliphatic rings. The molecule has 3 aliphatic heterocycles. The van der Waals surface area contributed by atoms with Crippen LogP contribution in [0.4, 0.5) is 4.39 Å². The summed E-state index contributed by atoms with van der Waals surface area (Å²) in [5, 5.41) is 12.0. The zero-order valence-corrected chi connectivity index (χ0v) is 26.3. The lowest BCUT2D eigenvalue weighted by atomic mass is 9.72. The summed E-state index contributed by atoms with van der Waals surface area (Å²) in [6, 6.07) is 14.5. The number of nitro groups is 1. The smallest absolute Gasteiger partial charge is 0.381 e. The molecule has 5 rings (SSSR count). The van der Waals surface area contributed by atoms with E-state index in [0.29, 0.717) is 62.4 Å². The molecular weight excluding hydrogens is 585 g/mol. The van der Waals surface area contributed by atoms with Gasteiger partial charge in [0.25, 0.3) is 0 Å². The van der Waals surface area contributed by atoms with Crippen LogP contribution in [0.3, 0.4) is 0 Å². The highest BCUT2D eigenvalue weighted by molar-refractivity contribution is 6.30. The van der Waals surface area contributed by atoms with Crippen molar-refractivity contribution in [2.75, 3.05) is 39.4 Å². The van der Waals surface area contributed by atoms with Crippen LogP contribution in [0.25, 0.3) is 0 Å². The predicted octanol–water partition coefficient (Wildman–Crippen LogP) is 6.16. The molecule has 3 fully saturated rings. The van der Waals surface area contributed by atoms with Gasteiger partial charge >= 0.3 is 5.91 Å². The first kappa shape index (κ1) is 32.5. The summed E-state index contributed by atoms with van der Waals surface area (Å²) in [5.74, 6) is -3.22. The number of carbonyl (C=O) groups is 2. The molecule has 6 atom stereocenters. The third kappa shape index (κ3) is 7.16. The van der Waals surface area contributed by atoms with Crippen molar-refractivity contribution in [3.63, 3.8) is 0 Å². The average molecular weight is 628 g/mol. The number of ether oxygens (including phenoxy) is 1. The minimum absolute atomic E-state index is 0.0304. The Balaban J connectivity index is 1.32. The summed E-state index contributed by atoms with van der Waals surface area (Å²) in [4.78, 5) is 42.4. The molecule has 0 aliphatic carbocycles. The fourth-order valence-electron chi connectivity index (χ4n) is 7.93. The largest absolute Gasteiger partial charge is 0.448 e. The normalized spacial score (nSPS) is 25.6. The van der Waals surface area contributed by atoms with E-state index < -0.39 is 16.7 Å². The third-order valence-electron chi connectivity index (χ3n) is 10.5. The average Bonchev–Trinajstić information content (AvgIpc) is 3.31. The zero-order chi connectivity index (χ0) is 31.4. The number of carbonyl (C=O) groups excluding carboxylic acids is 2. The van der Waals surface area contributed by atoms with Gasteiger partial charge in [0.15, 0.2) is 0 Å². The van der Waals surface area contributed by atoms with Gasteiger partial charge in [-0.25, -0.2) is 9.18 Å². The molecular formula is C34H43ClFN3O5. The number of nitrogens with zero attached hydrogens (tertiary/aromatic N) is 3. The molecule has 0 radical (unpaired) electrons. The number of likely N-dealkylation sites (tertiary alicyclic amines) is 2. The van der Waals surface area contributed by atoms with Crippen molar-refractivity contribution >= 4 is 23.4 Å². The van der Waals surface area contributed by atoms with Crippen LogP contribution in [0.2, 0.25) is 5.02 Å². The molecule has 0 spiro atoms. The molecule has 2 unspecified atom stereocenters. The quantitative estimate of drug-likeness (QED) is 0.257. The van der Waals surface area contributed by atoms with Gasteiger partial charge in [0.1, 0.15) is 16.7 Å². The summed E-state index contributed by atoms with van der Waals surface area (Å²) in [5.41, 5.74) is 1.43. The monoisotopic (exact) mass is 627 g/mol. The van der Waals surface area contributed by atoms with Gasteiger partial charge in [-0.15, -0.1) is 0 Å². The highest BCUT2D eigenvalue weighted by Crippen LogP contribution is 2.41. The number of halogens is 2. The van der Waals surface area contributed by atoms with Crippen molar-refractivity contribution in [2.24, 2.45) is 23.7 Å². The van der Waals surface area contributed by atoms with Crippen molar-refractivity contribution in [3.8, 4) is 0 Å². The van der Waals surface area contributed by atoms with E-state index in [1.165, 1.54) is 6.07 Å². The highest BCUT2D eigenvalue weighted by atomic mass is 35.5. The Morgan fingerprint density at radius 2 is 1.75 bits per heavy atom. The van der Waals surface area contributed by atoms with Crippen LogP contribution in [0.15, 0.2) is 48.5 Å². The number of amides is 2. The molecule has 2 aromatic carbocycles. The summed E-state index contributed by atoms with van der Waals surface area (Å²) >= 11 is 6.07. The summed E-state index contributed by atoms with van der Waals surface area (Å²) in [7, 11) is 0. The SMILES string of the molecule is CC(C1CCCN(C(=O)[C@@H]2CN(C3CCOCC3)C[C@H]2c2ccc(Cl)cc2F)CC1)[C@H](C(=O)[N+](=O)[O-])[C@@H](C)c1ccccc1.